The average molecular weight is 265 g/mol. The van der Waals surface area contributed by atoms with Crippen molar-refractivity contribution in [1.29, 1.82) is 0 Å². The highest BCUT2D eigenvalue weighted by Gasteiger charge is 2.19. The lowest BCUT2D eigenvalue weighted by Crippen LogP contribution is -2.12. The Morgan fingerprint density at radius 2 is 2.11 bits per heavy atom. The normalized spacial score (nSPS) is 15.1. The highest BCUT2D eigenvalue weighted by atomic mass is 32.2. The highest BCUT2D eigenvalue weighted by molar-refractivity contribution is 8.04. The van der Waals surface area contributed by atoms with Gasteiger partial charge in [0.1, 0.15) is 0 Å². The first-order valence-corrected chi connectivity index (χ1v) is 6.15. The van der Waals surface area contributed by atoms with E-state index in [-0.39, 0.29) is 22.0 Å². The number of hydrogen-bond acceptors (Lipinski definition) is 5. The molecule has 0 aliphatic carbocycles. The van der Waals surface area contributed by atoms with E-state index in [2.05, 4.69) is 0 Å². The monoisotopic (exact) mass is 265 g/mol. The van der Waals surface area contributed by atoms with Gasteiger partial charge < -0.3 is 15.9 Å². The van der Waals surface area contributed by atoms with E-state index in [9.17, 15) is 9.59 Å². The van der Waals surface area contributed by atoms with Gasteiger partial charge in [-0.15, -0.1) is 11.8 Å². The average Bonchev–Trinajstić information content (AvgIpc) is 2.48. The molecule has 0 bridgehead atoms. The summed E-state index contributed by atoms with van der Waals surface area (Å²) in [5.74, 6) is -0.583. The third-order valence-electron chi connectivity index (χ3n) is 2.56. The summed E-state index contributed by atoms with van der Waals surface area (Å²) in [6, 6.07) is 4.45. The Hall–Kier alpha value is -1.63. The first-order chi connectivity index (χ1) is 8.49. The Morgan fingerprint density at radius 3 is 2.72 bits per heavy atom. The van der Waals surface area contributed by atoms with Gasteiger partial charge in [0.2, 0.25) is 0 Å². The van der Waals surface area contributed by atoms with E-state index in [1.54, 1.807) is 0 Å². The Labute approximate surface area is 107 Å². The SMILES string of the molecule is NC(=O)C1=Cc2cc(C(O)O)ccc2C(=O)CS1. The second kappa shape index (κ2) is 4.93. The fourth-order valence-corrected chi connectivity index (χ4v) is 2.46. The number of rotatable bonds is 2. The predicted molar refractivity (Wildman–Crippen MR) is 67.6 cm³/mol. The molecule has 0 unspecified atom stereocenters. The number of primary amides is 1. The molecule has 5 nitrogen and oxygen atoms in total. The third kappa shape index (κ3) is 2.45. The van der Waals surface area contributed by atoms with E-state index in [1.807, 2.05) is 0 Å². The number of aliphatic hydroxyl groups excluding tert-OH is 1. The first-order valence-electron chi connectivity index (χ1n) is 5.16. The van der Waals surface area contributed by atoms with Crippen molar-refractivity contribution in [3.05, 3.63) is 39.8 Å². The van der Waals surface area contributed by atoms with Gasteiger partial charge in [0, 0.05) is 11.1 Å². The molecule has 0 saturated carbocycles. The van der Waals surface area contributed by atoms with Crippen LogP contribution < -0.4 is 5.73 Å². The van der Waals surface area contributed by atoms with Gasteiger partial charge in [-0.3, -0.25) is 9.59 Å². The molecule has 1 aliphatic heterocycles. The van der Waals surface area contributed by atoms with Crippen molar-refractivity contribution < 1.29 is 19.8 Å². The zero-order chi connectivity index (χ0) is 13.3. The Morgan fingerprint density at radius 1 is 1.39 bits per heavy atom. The Bertz CT molecular complexity index is 551. The predicted octanol–water partition coefficient (Wildman–Crippen LogP) is 0.425. The van der Waals surface area contributed by atoms with Crippen LogP contribution in [0.5, 0.6) is 0 Å². The van der Waals surface area contributed by atoms with Crippen molar-refractivity contribution in [2.45, 2.75) is 6.29 Å². The number of thioether (sulfide) groups is 1. The summed E-state index contributed by atoms with van der Waals surface area (Å²) in [4.78, 5) is 23.3. The van der Waals surface area contributed by atoms with Gasteiger partial charge in [-0.05, 0) is 17.7 Å². The molecule has 1 aromatic carbocycles. The smallest absolute Gasteiger partial charge is 0.255 e. The molecule has 94 valence electrons. The molecule has 0 radical (unpaired) electrons. The van der Waals surface area contributed by atoms with Crippen LogP contribution >= 0.6 is 11.8 Å². The van der Waals surface area contributed by atoms with Crippen LogP contribution in [-0.2, 0) is 4.79 Å². The summed E-state index contributed by atoms with van der Waals surface area (Å²) in [6.45, 7) is 0. The lowest BCUT2D eigenvalue weighted by atomic mass is 10.0. The molecule has 0 spiro atoms. The Kier molecular flexibility index (Phi) is 3.51. The van der Waals surface area contributed by atoms with Gasteiger partial charge in [0.05, 0.1) is 10.7 Å². The van der Waals surface area contributed by atoms with Gasteiger partial charge in [0.25, 0.3) is 5.91 Å². The molecule has 1 aromatic rings. The van der Waals surface area contributed by atoms with Crippen molar-refractivity contribution in [3.8, 4) is 0 Å². The van der Waals surface area contributed by atoms with E-state index < -0.39 is 12.2 Å². The van der Waals surface area contributed by atoms with E-state index in [4.69, 9.17) is 15.9 Å². The quantitative estimate of drug-likeness (QED) is 0.673. The summed E-state index contributed by atoms with van der Waals surface area (Å²) in [5, 5.41) is 18.2. The van der Waals surface area contributed by atoms with E-state index >= 15 is 0 Å². The number of fused-ring (bicyclic) bond motifs is 1. The van der Waals surface area contributed by atoms with Crippen molar-refractivity contribution >= 4 is 29.5 Å². The van der Waals surface area contributed by atoms with Crippen LogP contribution in [0, 0.1) is 0 Å². The standard InChI is InChI=1S/C12H11NO4S/c13-11(15)10-4-7-3-6(12(16)17)1-2-8(7)9(14)5-18-10/h1-4,12,16-17H,5H2,(H2,13,15). The summed E-state index contributed by atoms with van der Waals surface area (Å²) >= 11 is 1.08. The zero-order valence-corrected chi connectivity index (χ0v) is 10.1. The minimum Gasteiger partial charge on any atom is -0.365 e. The van der Waals surface area contributed by atoms with E-state index in [1.165, 1.54) is 24.3 Å². The second-order valence-corrected chi connectivity index (χ2v) is 4.82. The third-order valence-corrected chi connectivity index (χ3v) is 3.60. The lowest BCUT2D eigenvalue weighted by Gasteiger charge is -2.07. The molecule has 0 fully saturated rings. The van der Waals surface area contributed by atoms with Crippen LogP contribution in [0.15, 0.2) is 23.1 Å². The molecule has 2 rings (SSSR count). The largest absolute Gasteiger partial charge is 0.365 e. The lowest BCUT2D eigenvalue weighted by molar-refractivity contribution is -0.113. The molecule has 0 atom stereocenters. The molecule has 0 aromatic heterocycles. The zero-order valence-electron chi connectivity index (χ0n) is 9.29. The van der Waals surface area contributed by atoms with Crippen LogP contribution in [0.25, 0.3) is 6.08 Å². The minimum absolute atomic E-state index is 0.124. The molecule has 18 heavy (non-hydrogen) atoms. The van der Waals surface area contributed by atoms with Crippen LogP contribution in [0.3, 0.4) is 0 Å². The van der Waals surface area contributed by atoms with Gasteiger partial charge in [-0.25, -0.2) is 0 Å². The van der Waals surface area contributed by atoms with Gasteiger partial charge in [-0.1, -0.05) is 12.1 Å². The summed E-state index contributed by atoms with van der Waals surface area (Å²) in [5.41, 5.74) is 6.38. The fraction of sp³-hybridized carbons (Fsp3) is 0.167. The second-order valence-electron chi connectivity index (χ2n) is 3.81. The van der Waals surface area contributed by atoms with Gasteiger partial charge >= 0.3 is 0 Å². The number of benzene rings is 1. The van der Waals surface area contributed by atoms with Crippen molar-refractivity contribution in [1.82, 2.24) is 0 Å². The molecule has 6 heteroatoms. The molecule has 1 amide bonds. The van der Waals surface area contributed by atoms with E-state index in [0.717, 1.165) is 11.8 Å². The Balaban J connectivity index is 2.56. The fourth-order valence-electron chi connectivity index (χ4n) is 1.66. The number of carbonyl (C=O) groups is 2. The van der Waals surface area contributed by atoms with Crippen molar-refractivity contribution in [2.75, 3.05) is 5.75 Å². The number of carbonyl (C=O) groups excluding carboxylic acids is 2. The summed E-state index contributed by atoms with van der Waals surface area (Å²) < 4.78 is 0. The van der Waals surface area contributed by atoms with Crippen LogP contribution in [0.1, 0.15) is 27.8 Å². The summed E-state index contributed by atoms with van der Waals surface area (Å²) in [6.07, 6.45) is -0.120. The van der Waals surface area contributed by atoms with Crippen LogP contribution in [0.4, 0.5) is 0 Å². The molecule has 4 N–H and O–H groups in total. The number of amides is 1. The number of hydrogen-bond donors (Lipinski definition) is 3. The summed E-state index contributed by atoms with van der Waals surface area (Å²) in [7, 11) is 0. The molecular weight excluding hydrogens is 254 g/mol. The minimum atomic E-state index is -1.62. The van der Waals surface area contributed by atoms with Crippen molar-refractivity contribution in [2.24, 2.45) is 5.73 Å². The molecule has 1 aliphatic rings. The first kappa shape index (κ1) is 12.8. The van der Waals surface area contributed by atoms with E-state index in [0.29, 0.717) is 11.1 Å². The van der Waals surface area contributed by atoms with Crippen LogP contribution in [0.2, 0.25) is 0 Å². The number of Topliss-reactive ketones (excluding diaryl/α,β-unsaturated/α-hetero) is 1. The topological polar surface area (TPSA) is 101 Å². The molecular formula is C12H11NO4S. The van der Waals surface area contributed by atoms with Crippen LogP contribution in [-0.4, -0.2) is 27.7 Å². The van der Waals surface area contributed by atoms with Gasteiger partial charge in [-0.2, -0.15) is 0 Å². The maximum atomic E-state index is 11.8. The molecule has 1 heterocycles. The molecule has 0 saturated heterocycles. The van der Waals surface area contributed by atoms with Gasteiger partial charge in [0.15, 0.2) is 12.1 Å². The number of nitrogens with two attached hydrogens (primary N) is 1. The van der Waals surface area contributed by atoms with Crippen molar-refractivity contribution in [3.63, 3.8) is 0 Å². The highest BCUT2D eigenvalue weighted by Crippen LogP contribution is 2.28. The maximum Gasteiger partial charge on any atom is 0.255 e. The maximum absolute atomic E-state index is 11.8. The number of ketones is 1. The number of aliphatic hydroxyl groups is 2.